The lowest BCUT2D eigenvalue weighted by Crippen LogP contribution is -2.29. The number of nitrogens with one attached hydrogen (secondary N) is 1. The summed E-state index contributed by atoms with van der Waals surface area (Å²) in [5.41, 5.74) is 7.68. The van der Waals surface area contributed by atoms with Gasteiger partial charge in [-0.3, -0.25) is 4.79 Å². The van der Waals surface area contributed by atoms with Gasteiger partial charge in [-0.25, -0.2) is 19.2 Å². The number of nitrogens with zero attached hydrogens (tertiary/aromatic N) is 2. The van der Waals surface area contributed by atoms with Crippen molar-refractivity contribution in [2.75, 3.05) is 5.73 Å². The number of amides is 1. The second kappa shape index (κ2) is 7.18. The molecule has 3 rings (SSSR count). The number of halogens is 1. The highest BCUT2D eigenvalue weighted by molar-refractivity contribution is 5.94. The standard InChI is InChI=1S/C20H23FN4O3/c1-10-11-7-8-14(25-18(26)16-15(21)17(22)24-9-23-16)13(11)6-5-12(10)19(27)28-20(2,3)4/h5-6,9,14H,7-8H2,1-4H3,(H,25,26)(H2,22,23,24)/t14-/m0/s1. The minimum atomic E-state index is -0.935. The van der Waals surface area contributed by atoms with Crippen molar-refractivity contribution in [1.82, 2.24) is 15.3 Å². The highest BCUT2D eigenvalue weighted by Gasteiger charge is 2.30. The van der Waals surface area contributed by atoms with E-state index in [2.05, 4.69) is 15.3 Å². The fourth-order valence-corrected chi connectivity index (χ4v) is 3.35. The molecular weight excluding hydrogens is 363 g/mol. The van der Waals surface area contributed by atoms with Crippen molar-refractivity contribution in [3.05, 3.63) is 52.2 Å². The lowest BCUT2D eigenvalue weighted by Gasteiger charge is -2.21. The Morgan fingerprint density at radius 2 is 2.00 bits per heavy atom. The molecule has 1 aliphatic carbocycles. The molecule has 1 atom stereocenters. The van der Waals surface area contributed by atoms with Gasteiger partial charge in [-0.2, -0.15) is 0 Å². The van der Waals surface area contributed by atoms with Crippen molar-refractivity contribution >= 4 is 17.7 Å². The Morgan fingerprint density at radius 3 is 2.68 bits per heavy atom. The van der Waals surface area contributed by atoms with Gasteiger partial charge in [0, 0.05) is 0 Å². The molecule has 0 spiro atoms. The van der Waals surface area contributed by atoms with Crippen LogP contribution < -0.4 is 11.1 Å². The van der Waals surface area contributed by atoms with Crippen molar-refractivity contribution in [2.45, 2.75) is 52.2 Å². The third kappa shape index (κ3) is 3.81. The molecule has 1 amide bonds. The maximum Gasteiger partial charge on any atom is 0.338 e. The minimum Gasteiger partial charge on any atom is -0.456 e. The van der Waals surface area contributed by atoms with E-state index in [1.807, 2.05) is 33.8 Å². The van der Waals surface area contributed by atoms with Gasteiger partial charge in [0.15, 0.2) is 17.3 Å². The molecule has 0 radical (unpaired) electrons. The van der Waals surface area contributed by atoms with Crippen molar-refractivity contribution in [3.8, 4) is 0 Å². The molecule has 0 fully saturated rings. The largest absolute Gasteiger partial charge is 0.456 e. The Kier molecular flexibility index (Phi) is 5.06. The van der Waals surface area contributed by atoms with Crippen LogP contribution in [0.1, 0.15) is 70.8 Å². The summed E-state index contributed by atoms with van der Waals surface area (Å²) in [5.74, 6) is -2.34. The molecule has 8 heteroatoms. The van der Waals surface area contributed by atoms with Crippen molar-refractivity contribution in [3.63, 3.8) is 0 Å². The SMILES string of the molecule is Cc1c(C(=O)OC(C)(C)C)ccc2c1CC[C@@H]2NC(=O)c1ncnc(N)c1F. The van der Waals surface area contributed by atoms with Gasteiger partial charge in [0.2, 0.25) is 0 Å². The van der Waals surface area contributed by atoms with Crippen LogP contribution >= 0.6 is 0 Å². The fourth-order valence-electron chi connectivity index (χ4n) is 3.35. The molecule has 0 saturated heterocycles. The summed E-state index contributed by atoms with van der Waals surface area (Å²) >= 11 is 0. The van der Waals surface area contributed by atoms with E-state index in [1.165, 1.54) is 0 Å². The third-order valence-electron chi connectivity index (χ3n) is 4.65. The molecule has 0 unspecified atom stereocenters. The number of nitrogens with two attached hydrogens (primary N) is 1. The molecule has 7 nitrogen and oxygen atoms in total. The molecule has 28 heavy (non-hydrogen) atoms. The van der Waals surface area contributed by atoms with E-state index in [1.54, 1.807) is 6.07 Å². The number of ether oxygens (including phenoxy) is 1. The van der Waals surface area contributed by atoms with Gasteiger partial charge in [-0.05, 0) is 63.3 Å². The Morgan fingerprint density at radius 1 is 1.29 bits per heavy atom. The highest BCUT2D eigenvalue weighted by Crippen LogP contribution is 2.35. The lowest BCUT2D eigenvalue weighted by molar-refractivity contribution is 0.00685. The van der Waals surface area contributed by atoms with E-state index in [0.717, 1.165) is 23.0 Å². The predicted octanol–water partition coefficient (Wildman–Crippen LogP) is 2.88. The molecule has 1 aromatic heterocycles. The van der Waals surface area contributed by atoms with Crippen LogP contribution in [0.25, 0.3) is 0 Å². The Hall–Kier alpha value is -3.03. The van der Waals surface area contributed by atoms with Crippen LogP contribution in [-0.2, 0) is 11.2 Å². The number of esters is 1. The molecule has 1 heterocycles. The number of hydrogen-bond donors (Lipinski definition) is 2. The molecule has 1 aliphatic rings. The molecular formula is C20H23FN4O3. The third-order valence-corrected chi connectivity index (χ3v) is 4.65. The maximum absolute atomic E-state index is 14.0. The number of carbonyl (C=O) groups is 2. The van der Waals surface area contributed by atoms with E-state index in [-0.39, 0.29) is 23.5 Å². The normalized spacial score (nSPS) is 15.8. The van der Waals surface area contributed by atoms with Gasteiger partial charge in [-0.15, -0.1) is 0 Å². The Labute approximate surface area is 162 Å². The monoisotopic (exact) mass is 386 g/mol. The van der Waals surface area contributed by atoms with Gasteiger partial charge < -0.3 is 15.8 Å². The summed E-state index contributed by atoms with van der Waals surface area (Å²) in [6.07, 6.45) is 2.38. The van der Waals surface area contributed by atoms with E-state index >= 15 is 0 Å². The molecule has 148 valence electrons. The summed E-state index contributed by atoms with van der Waals surface area (Å²) < 4.78 is 19.5. The number of aromatic nitrogens is 2. The quantitative estimate of drug-likeness (QED) is 0.786. The van der Waals surface area contributed by atoms with Crippen molar-refractivity contribution in [1.29, 1.82) is 0 Å². The highest BCUT2D eigenvalue weighted by atomic mass is 19.1. The number of nitrogen functional groups attached to an aromatic ring is 1. The second-order valence-corrected chi connectivity index (χ2v) is 7.79. The molecule has 2 aromatic rings. The fraction of sp³-hybridized carbons (Fsp3) is 0.400. The zero-order valence-corrected chi connectivity index (χ0v) is 16.3. The first kappa shape index (κ1) is 19.7. The first-order valence-corrected chi connectivity index (χ1v) is 9.01. The van der Waals surface area contributed by atoms with Crippen LogP contribution in [-0.4, -0.2) is 27.4 Å². The number of anilines is 1. The molecule has 1 aromatic carbocycles. The number of hydrogen-bond acceptors (Lipinski definition) is 6. The van der Waals surface area contributed by atoms with E-state index < -0.39 is 17.3 Å². The van der Waals surface area contributed by atoms with E-state index in [4.69, 9.17) is 10.5 Å². The molecule has 0 bridgehead atoms. The summed E-state index contributed by atoms with van der Waals surface area (Å²) in [5, 5.41) is 2.79. The topological polar surface area (TPSA) is 107 Å². The summed E-state index contributed by atoms with van der Waals surface area (Å²) in [4.78, 5) is 32.1. The van der Waals surface area contributed by atoms with E-state index in [9.17, 15) is 14.0 Å². The van der Waals surface area contributed by atoms with Crippen LogP contribution in [0, 0.1) is 12.7 Å². The number of rotatable bonds is 3. The summed E-state index contributed by atoms with van der Waals surface area (Å²) in [7, 11) is 0. The zero-order chi connectivity index (χ0) is 20.6. The Bertz CT molecular complexity index is 953. The van der Waals surface area contributed by atoms with Gasteiger partial charge >= 0.3 is 5.97 Å². The first-order chi connectivity index (χ1) is 13.1. The number of benzene rings is 1. The molecule has 3 N–H and O–H groups in total. The zero-order valence-electron chi connectivity index (χ0n) is 16.3. The number of fused-ring (bicyclic) bond motifs is 1. The average Bonchev–Trinajstić information content (AvgIpc) is 2.99. The van der Waals surface area contributed by atoms with Crippen LogP contribution in [0.3, 0.4) is 0 Å². The summed E-state index contributed by atoms with van der Waals surface area (Å²) in [6.45, 7) is 7.32. The summed E-state index contributed by atoms with van der Waals surface area (Å²) in [6, 6.07) is 3.21. The van der Waals surface area contributed by atoms with Gasteiger partial charge in [0.25, 0.3) is 5.91 Å². The van der Waals surface area contributed by atoms with Crippen molar-refractivity contribution in [2.24, 2.45) is 0 Å². The van der Waals surface area contributed by atoms with Gasteiger partial charge in [-0.1, -0.05) is 6.07 Å². The van der Waals surface area contributed by atoms with Gasteiger partial charge in [0.1, 0.15) is 11.9 Å². The molecule has 0 aliphatic heterocycles. The van der Waals surface area contributed by atoms with Gasteiger partial charge in [0.05, 0.1) is 11.6 Å². The van der Waals surface area contributed by atoms with Crippen LogP contribution in [0.4, 0.5) is 10.2 Å². The average molecular weight is 386 g/mol. The molecule has 0 saturated carbocycles. The maximum atomic E-state index is 14.0. The first-order valence-electron chi connectivity index (χ1n) is 9.01. The smallest absolute Gasteiger partial charge is 0.338 e. The predicted molar refractivity (Wildman–Crippen MR) is 101 cm³/mol. The second-order valence-electron chi connectivity index (χ2n) is 7.79. The number of carbonyl (C=O) groups excluding carboxylic acids is 2. The lowest BCUT2D eigenvalue weighted by atomic mass is 9.97. The van der Waals surface area contributed by atoms with Crippen LogP contribution in [0.5, 0.6) is 0 Å². The van der Waals surface area contributed by atoms with Crippen molar-refractivity contribution < 1.29 is 18.7 Å². The van der Waals surface area contributed by atoms with Crippen LogP contribution in [0.2, 0.25) is 0 Å². The van der Waals surface area contributed by atoms with Crippen LogP contribution in [0.15, 0.2) is 18.5 Å². The Balaban J connectivity index is 1.83. The minimum absolute atomic E-state index is 0.301. The van der Waals surface area contributed by atoms with E-state index in [0.29, 0.717) is 18.4 Å².